The fourth-order valence-corrected chi connectivity index (χ4v) is 4.99. The molecular weight excluding hydrogens is 298 g/mol. The first-order chi connectivity index (χ1) is 10.1. The average Bonchev–Trinajstić information content (AvgIpc) is 3.19. The number of rotatable bonds is 6. The van der Waals surface area contributed by atoms with Crippen LogP contribution in [0.2, 0.25) is 4.34 Å². The molecule has 2 fully saturated rings. The number of thiophene rings is 1. The fraction of sp³-hybridized carbons (Fsp3) is 0.778. The third kappa shape index (κ3) is 4.46. The van der Waals surface area contributed by atoms with Gasteiger partial charge in [-0.15, -0.1) is 11.3 Å². The molecule has 0 spiro atoms. The number of hydrogen-bond donors (Lipinski definition) is 1. The van der Waals surface area contributed by atoms with Crippen molar-refractivity contribution in [2.24, 2.45) is 23.7 Å². The highest BCUT2D eigenvalue weighted by Gasteiger charge is 2.33. The highest BCUT2D eigenvalue weighted by molar-refractivity contribution is 7.16. The molecule has 0 saturated heterocycles. The van der Waals surface area contributed by atoms with Crippen molar-refractivity contribution in [2.75, 3.05) is 6.54 Å². The molecule has 1 aromatic heterocycles. The van der Waals surface area contributed by atoms with Crippen LogP contribution in [0, 0.1) is 23.7 Å². The van der Waals surface area contributed by atoms with Gasteiger partial charge in [-0.3, -0.25) is 0 Å². The second-order valence-electron chi connectivity index (χ2n) is 7.43. The molecule has 3 unspecified atom stereocenters. The van der Waals surface area contributed by atoms with E-state index in [1.807, 2.05) is 0 Å². The summed E-state index contributed by atoms with van der Waals surface area (Å²) in [6.45, 7) is 6.03. The summed E-state index contributed by atoms with van der Waals surface area (Å²) in [5, 5.41) is 3.77. The standard InChI is InChI=1S/C18H28ClNS/c1-12(2)13-3-4-14(11-20-16-5-6-16)15(9-13)10-17-7-8-18(19)21-17/h7-8,12-16,20H,3-6,9-11H2,1-2H3. The zero-order valence-electron chi connectivity index (χ0n) is 13.3. The largest absolute Gasteiger partial charge is 0.314 e. The molecule has 1 N–H and O–H groups in total. The molecule has 3 rings (SSSR count). The van der Waals surface area contributed by atoms with Crippen LogP contribution in [-0.2, 0) is 6.42 Å². The Labute approximate surface area is 138 Å². The zero-order valence-corrected chi connectivity index (χ0v) is 14.8. The van der Waals surface area contributed by atoms with Gasteiger partial charge in [0.1, 0.15) is 0 Å². The Bertz CT molecular complexity index is 452. The van der Waals surface area contributed by atoms with Gasteiger partial charge in [0.05, 0.1) is 4.34 Å². The van der Waals surface area contributed by atoms with E-state index in [2.05, 4.69) is 31.3 Å². The lowest BCUT2D eigenvalue weighted by molar-refractivity contribution is 0.145. The van der Waals surface area contributed by atoms with Gasteiger partial charge in [0.25, 0.3) is 0 Å². The van der Waals surface area contributed by atoms with E-state index in [1.54, 1.807) is 11.3 Å². The Balaban J connectivity index is 1.62. The van der Waals surface area contributed by atoms with Crippen molar-refractivity contribution in [2.45, 2.75) is 58.4 Å². The minimum absolute atomic E-state index is 0.830. The summed E-state index contributed by atoms with van der Waals surface area (Å²) >= 11 is 7.89. The molecule has 21 heavy (non-hydrogen) atoms. The van der Waals surface area contributed by atoms with Crippen molar-refractivity contribution in [3.63, 3.8) is 0 Å². The van der Waals surface area contributed by atoms with Gasteiger partial charge >= 0.3 is 0 Å². The van der Waals surface area contributed by atoms with E-state index in [0.717, 1.165) is 34.0 Å². The van der Waals surface area contributed by atoms with Crippen LogP contribution in [0.5, 0.6) is 0 Å². The van der Waals surface area contributed by atoms with Gasteiger partial charge in [0, 0.05) is 10.9 Å². The average molecular weight is 326 g/mol. The summed E-state index contributed by atoms with van der Waals surface area (Å²) in [6.07, 6.45) is 8.27. The van der Waals surface area contributed by atoms with Gasteiger partial charge < -0.3 is 5.32 Å². The number of hydrogen-bond acceptors (Lipinski definition) is 2. The smallest absolute Gasteiger partial charge is 0.0931 e. The predicted molar refractivity (Wildman–Crippen MR) is 93.2 cm³/mol. The van der Waals surface area contributed by atoms with E-state index in [4.69, 9.17) is 11.6 Å². The highest BCUT2D eigenvalue weighted by atomic mass is 35.5. The van der Waals surface area contributed by atoms with Crippen molar-refractivity contribution in [1.29, 1.82) is 0 Å². The van der Waals surface area contributed by atoms with E-state index in [1.165, 1.54) is 49.9 Å². The van der Waals surface area contributed by atoms with E-state index < -0.39 is 0 Å². The maximum Gasteiger partial charge on any atom is 0.0931 e. The van der Waals surface area contributed by atoms with Crippen molar-refractivity contribution in [1.82, 2.24) is 5.32 Å². The van der Waals surface area contributed by atoms with Crippen molar-refractivity contribution in [3.8, 4) is 0 Å². The quantitative estimate of drug-likeness (QED) is 0.740. The molecule has 2 aliphatic carbocycles. The highest BCUT2D eigenvalue weighted by Crippen LogP contribution is 2.40. The Kier molecular flexibility index (Phi) is 5.29. The topological polar surface area (TPSA) is 12.0 Å². The van der Waals surface area contributed by atoms with Crippen LogP contribution in [0.15, 0.2) is 12.1 Å². The molecule has 1 nitrogen and oxygen atoms in total. The van der Waals surface area contributed by atoms with Crippen LogP contribution < -0.4 is 5.32 Å². The van der Waals surface area contributed by atoms with Gasteiger partial charge in [-0.25, -0.2) is 0 Å². The van der Waals surface area contributed by atoms with E-state index in [0.29, 0.717) is 0 Å². The maximum absolute atomic E-state index is 6.11. The van der Waals surface area contributed by atoms with Crippen LogP contribution in [0.4, 0.5) is 0 Å². The van der Waals surface area contributed by atoms with E-state index in [9.17, 15) is 0 Å². The lowest BCUT2D eigenvalue weighted by atomic mass is 9.69. The molecule has 3 atom stereocenters. The van der Waals surface area contributed by atoms with Gasteiger partial charge in [-0.1, -0.05) is 25.4 Å². The van der Waals surface area contributed by atoms with E-state index in [-0.39, 0.29) is 0 Å². The fourth-order valence-electron chi connectivity index (χ4n) is 3.81. The zero-order chi connectivity index (χ0) is 14.8. The summed E-state index contributed by atoms with van der Waals surface area (Å²) in [7, 11) is 0. The summed E-state index contributed by atoms with van der Waals surface area (Å²) in [5.74, 6) is 3.45. The molecule has 1 heterocycles. The maximum atomic E-state index is 6.11. The molecule has 3 heteroatoms. The van der Waals surface area contributed by atoms with Crippen molar-refractivity contribution >= 4 is 22.9 Å². The monoisotopic (exact) mass is 325 g/mol. The molecule has 1 aromatic rings. The summed E-state index contributed by atoms with van der Waals surface area (Å²) in [4.78, 5) is 1.48. The summed E-state index contributed by atoms with van der Waals surface area (Å²) in [6, 6.07) is 5.13. The SMILES string of the molecule is CC(C)C1CCC(CNC2CC2)C(Cc2ccc(Cl)s2)C1. The minimum atomic E-state index is 0.830. The number of nitrogens with one attached hydrogen (secondary N) is 1. The molecule has 0 bridgehead atoms. The van der Waals surface area contributed by atoms with Crippen LogP contribution in [0.25, 0.3) is 0 Å². The summed E-state index contributed by atoms with van der Waals surface area (Å²) < 4.78 is 0.939. The van der Waals surface area contributed by atoms with Crippen LogP contribution >= 0.6 is 22.9 Å². The first-order valence-electron chi connectivity index (χ1n) is 8.59. The lowest BCUT2D eigenvalue weighted by Crippen LogP contribution is -2.36. The molecule has 0 radical (unpaired) electrons. The van der Waals surface area contributed by atoms with Gasteiger partial charge in [0.15, 0.2) is 0 Å². The number of halogens is 1. The van der Waals surface area contributed by atoms with Gasteiger partial charge in [0.2, 0.25) is 0 Å². The molecule has 2 aliphatic rings. The van der Waals surface area contributed by atoms with Crippen LogP contribution in [-0.4, -0.2) is 12.6 Å². The third-order valence-electron chi connectivity index (χ3n) is 5.46. The van der Waals surface area contributed by atoms with Crippen LogP contribution in [0.3, 0.4) is 0 Å². The third-order valence-corrected chi connectivity index (χ3v) is 6.71. The van der Waals surface area contributed by atoms with Gasteiger partial charge in [-0.2, -0.15) is 0 Å². The van der Waals surface area contributed by atoms with Crippen molar-refractivity contribution in [3.05, 3.63) is 21.3 Å². The lowest BCUT2D eigenvalue weighted by Gasteiger charge is -2.38. The Hall–Kier alpha value is -0.0500. The molecular formula is C18H28ClNS. The molecule has 0 amide bonds. The van der Waals surface area contributed by atoms with Crippen molar-refractivity contribution < 1.29 is 0 Å². The van der Waals surface area contributed by atoms with Crippen LogP contribution in [0.1, 0.15) is 50.8 Å². The van der Waals surface area contributed by atoms with E-state index >= 15 is 0 Å². The molecule has 118 valence electrons. The molecule has 0 aromatic carbocycles. The first kappa shape index (κ1) is 15.8. The normalized spacial score (nSPS) is 30.0. The Morgan fingerprint density at radius 2 is 2.00 bits per heavy atom. The second kappa shape index (κ2) is 7.02. The first-order valence-corrected chi connectivity index (χ1v) is 9.79. The Morgan fingerprint density at radius 1 is 1.19 bits per heavy atom. The molecule has 0 aliphatic heterocycles. The minimum Gasteiger partial charge on any atom is -0.314 e. The summed E-state index contributed by atoms with van der Waals surface area (Å²) in [5.41, 5.74) is 0. The van der Waals surface area contributed by atoms with Gasteiger partial charge in [-0.05, 0) is 80.9 Å². The predicted octanol–water partition coefficient (Wildman–Crippen LogP) is 5.38. The molecule has 2 saturated carbocycles. The second-order valence-corrected chi connectivity index (χ2v) is 9.23. The Morgan fingerprint density at radius 3 is 2.62 bits per heavy atom.